The fourth-order valence-electron chi connectivity index (χ4n) is 6.64. The van der Waals surface area contributed by atoms with Crippen molar-refractivity contribution in [2.24, 2.45) is 0 Å². The zero-order valence-electron chi connectivity index (χ0n) is 28.3. The van der Waals surface area contributed by atoms with Gasteiger partial charge in [0.15, 0.2) is 0 Å². The molecule has 0 fully saturated rings. The van der Waals surface area contributed by atoms with Gasteiger partial charge in [0, 0.05) is 54.5 Å². The molecule has 8 aromatic rings. The van der Waals surface area contributed by atoms with Gasteiger partial charge in [-0.05, 0) is 82.0 Å². The van der Waals surface area contributed by atoms with E-state index in [9.17, 15) is 0 Å². The number of aromatic nitrogens is 2. The summed E-state index contributed by atoms with van der Waals surface area (Å²) in [6, 6.07) is 47.9. The first kappa shape index (κ1) is 33.2. The monoisotopic (exact) mass is 826 g/mol. The summed E-state index contributed by atoms with van der Waals surface area (Å²) in [7, 11) is 0. The van der Waals surface area contributed by atoms with E-state index in [-0.39, 0.29) is 25.5 Å². The van der Waals surface area contributed by atoms with Crippen molar-refractivity contribution < 1.29 is 24.5 Å². The molecule has 5 heteroatoms. The third-order valence-electron chi connectivity index (χ3n) is 9.19. The molecule has 1 N–H and O–H groups in total. The van der Waals surface area contributed by atoms with Crippen LogP contribution in [-0.2, 0) is 25.5 Å². The number of benzene rings is 5. The van der Waals surface area contributed by atoms with Gasteiger partial charge in [0.2, 0.25) is 0 Å². The Morgan fingerprint density at radius 3 is 2.22 bits per heavy atom. The third-order valence-corrected chi connectivity index (χ3v) is 9.19. The van der Waals surface area contributed by atoms with Crippen molar-refractivity contribution in [2.45, 2.75) is 33.1 Å². The predicted octanol–water partition coefficient (Wildman–Crippen LogP) is 12.0. The van der Waals surface area contributed by atoms with Crippen molar-refractivity contribution in [3.8, 4) is 44.8 Å². The smallest absolute Gasteiger partial charge is 0.136 e. The van der Waals surface area contributed by atoms with E-state index < -0.39 is 0 Å². The molecule has 3 aromatic heterocycles. The van der Waals surface area contributed by atoms with Gasteiger partial charge in [-0.3, -0.25) is 0 Å². The number of furan rings is 1. The number of pyridine rings is 2. The zero-order chi connectivity index (χ0) is 33.5. The second kappa shape index (κ2) is 13.5. The molecule has 2 bridgehead atoms. The zero-order valence-corrected chi connectivity index (χ0v) is 30.7. The van der Waals surface area contributed by atoms with Crippen LogP contribution in [0.5, 0.6) is 0 Å². The molecule has 1 aliphatic heterocycles. The van der Waals surface area contributed by atoms with Crippen molar-refractivity contribution in [1.29, 1.82) is 0 Å². The molecule has 50 heavy (non-hydrogen) atoms. The number of para-hydroxylation sites is 2. The third kappa shape index (κ3) is 6.15. The average Bonchev–Trinajstić information content (AvgIpc) is 3.51. The summed E-state index contributed by atoms with van der Waals surface area (Å²) in [4.78, 5) is 8.95. The number of fused-ring (bicyclic) bond motifs is 10. The first-order valence-electron chi connectivity index (χ1n) is 16.6. The SMILES string of the molecule is Cc1c2cc3oc4ccccc4c3c1-c1cc(-c3cc(C(C)(C)C)ccn3)[c-]cc1Nc1ccccc1-2.[Ir].[c-]1ccccc1-c1ccccn1. The van der Waals surface area contributed by atoms with E-state index in [4.69, 9.17) is 9.40 Å². The van der Waals surface area contributed by atoms with Crippen molar-refractivity contribution in [3.63, 3.8) is 0 Å². The molecule has 0 spiro atoms. The summed E-state index contributed by atoms with van der Waals surface area (Å²) < 4.78 is 6.42. The van der Waals surface area contributed by atoms with Crippen LogP contribution in [-0.4, -0.2) is 9.97 Å². The first-order chi connectivity index (χ1) is 23.8. The molecule has 4 heterocycles. The fraction of sp³-hybridized carbons (Fsp3) is 0.111. The second-order valence-corrected chi connectivity index (χ2v) is 13.4. The van der Waals surface area contributed by atoms with E-state index in [1.807, 2.05) is 60.8 Å². The van der Waals surface area contributed by atoms with Gasteiger partial charge in [-0.25, -0.2) is 0 Å². The van der Waals surface area contributed by atoms with E-state index in [0.717, 1.165) is 67.0 Å². The summed E-state index contributed by atoms with van der Waals surface area (Å²) in [5.74, 6) is 0. The molecule has 0 unspecified atom stereocenters. The Bertz CT molecular complexity index is 2420. The van der Waals surface area contributed by atoms with Crippen LogP contribution in [0.25, 0.3) is 66.7 Å². The summed E-state index contributed by atoms with van der Waals surface area (Å²) in [5.41, 5.74) is 15.0. The Kier molecular flexibility index (Phi) is 8.96. The van der Waals surface area contributed by atoms with Gasteiger partial charge < -0.3 is 19.7 Å². The topological polar surface area (TPSA) is 51.0 Å². The number of hydrogen-bond donors (Lipinski definition) is 1. The first-order valence-corrected chi connectivity index (χ1v) is 16.6. The number of nitrogens with one attached hydrogen (secondary N) is 1. The van der Waals surface area contributed by atoms with Crippen LogP contribution in [0.15, 0.2) is 138 Å². The Balaban J connectivity index is 0.000000255. The minimum absolute atomic E-state index is 0. The molecule has 1 radical (unpaired) electrons. The van der Waals surface area contributed by atoms with Crippen molar-refractivity contribution in [3.05, 3.63) is 157 Å². The van der Waals surface area contributed by atoms with Crippen LogP contribution in [0.2, 0.25) is 0 Å². The maximum atomic E-state index is 6.42. The summed E-state index contributed by atoms with van der Waals surface area (Å²) in [6.45, 7) is 8.92. The molecule has 0 amide bonds. The molecule has 1 aliphatic rings. The molecule has 4 nitrogen and oxygen atoms in total. The van der Waals surface area contributed by atoms with Gasteiger partial charge in [0.1, 0.15) is 11.2 Å². The molecule has 247 valence electrons. The van der Waals surface area contributed by atoms with Crippen LogP contribution >= 0.6 is 0 Å². The standard InChI is InChI=1S/C34H27N2O.C11H8N.Ir/c1-20-25-19-31-33(24-10-6-8-12-30(24)37-31)32(20)26-17-21(29-18-22(15-16-35-29)34(2,3)4)13-14-28(26)36-27-11-7-5-9-23(25)27;1-2-6-10(7-3-1)11-8-4-5-9-12-11;/h5-12,14-19,36H,1-4H3;1-6,8-9H;/q2*-1;. The maximum absolute atomic E-state index is 6.42. The Morgan fingerprint density at radius 2 is 1.42 bits per heavy atom. The van der Waals surface area contributed by atoms with Crippen LogP contribution in [0.3, 0.4) is 0 Å². The second-order valence-electron chi connectivity index (χ2n) is 13.4. The largest absolute Gasteiger partial charge is 0.456 e. The van der Waals surface area contributed by atoms with Gasteiger partial charge in [-0.15, -0.1) is 59.7 Å². The summed E-state index contributed by atoms with van der Waals surface area (Å²) in [6.07, 6.45) is 3.69. The fourth-order valence-corrected chi connectivity index (χ4v) is 6.64. The van der Waals surface area contributed by atoms with E-state index in [1.165, 1.54) is 22.3 Å². The Morgan fingerprint density at radius 1 is 0.640 bits per heavy atom. The van der Waals surface area contributed by atoms with Gasteiger partial charge in [-0.2, -0.15) is 0 Å². The molecule has 5 aromatic carbocycles. The maximum Gasteiger partial charge on any atom is 0.136 e. The molecular weight excluding hydrogens is 791 g/mol. The Hall–Kier alpha value is -5.35. The van der Waals surface area contributed by atoms with Crippen molar-refractivity contribution in [1.82, 2.24) is 9.97 Å². The molecular formula is C45H35IrN3O-2. The van der Waals surface area contributed by atoms with Crippen LogP contribution in [0.4, 0.5) is 11.4 Å². The van der Waals surface area contributed by atoms with Gasteiger partial charge >= 0.3 is 0 Å². The van der Waals surface area contributed by atoms with E-state index in [1.54, 1.807) is 6.20 Å². The van der Waals surface area contributed by atoms with Crippen LogP contribution in [0, 0.1) is 19.1 Å². The van der Waals surface area contributed by atoms with Gasteiger partial charge in [0.05, 0.1) is 0 Å². The van der Waals surface area contributed by atoms with E-state index in [0.29, 0.717) is 0 Å². The quantitative estimate of drug-likeness (QED) is 0.176. The normalized spacial score (nSPS) is 11.6. The van der Waals surface area contributed by atoms with Crippen LogP contribution in [0.1, 0.15) is 31.9 Å². The minimum Gasteiger partial charge on any atom is -0.456 e. The average molecular weight is 826 g/mol. The molecule has 0 aliphatic carbocycles. The molecule has 9 rings (SSSR count). The number of nitrogens with zero attached hydrogens (tertiary/aromatic N) is 2. The van der Waals surface area contributed by atoms with Crippen LogP contribution < -0.4 is 5.32 Å². The summed E-state index contributed by atoms with van der Waals surface area (Å²) >= 11 is 0. The number of hydrogen-bond acceptors (Lipinski definition) is 4. The minimum atomic E-state index is 0. The van der Waals surface area contributed by atoms with Gasteiger partial charge in [0.25, 0.3) is 0 Å². The van der Waals surface area contributed by atoms with Crippen molar-refractivity contribution >= 4 is 33.3 Å². The molecule has 0 saturated heterocycles. The van der Waals surface area contributed by atoms with E-state index >= 15 is 0 Å². The Labute approximate surface area is 306 Å². The number of anilines is 2. The number of rotatable bonds is 2. The van der Waals surface area contributed by atoms with Crippen molar-refractivity contribution in [2.75, 3.05) is 5.32 Å². The van der Waals surface area contributed by atoms with E-state index in [2.05, 4.69) is 117 Å². The van der Waals surface area contributed by atoms with Gasteiger partial charge in [-0.1, -0.05) is 80.9 Å². The molecule has 0 atom stereocenters. The molecule has 0 saturated carbocycles. The summed E-state index contributed by atoms with van der Waals surface area (Å²) in [5, 5.41) is 6.00. The predicted molar refractivity (Wildman–Crippen MR) is 202 cm³/mol.